The number of carbonyl (C=O) groups is 2. The predicted molar refractivity (Wildman–Crippen MR) is 102 cm³/mol. The average Bonchev–Trinajstić information content (AvgIpc) is 2.64. The van der Waals surface area contributed by atoms with E-state index in [1.807, 2.05) is 6.07 Å². The first-order chi connectivity index (χ1) is 12.5. The van der Waals surface area contributed by atoms with Crippen LogP contribution >= 0.6 is 23.2 Å². The first-order valence-corrected chi connectivity index (χ1v) is 8.80. The molecule has 138 valence electrons. The number of halogens is 3. The van der Waals surface area contributed by atoms with Gasteiger partial charge in [0.2, 0.25) is 0 Å². The molecule has 0 aliphatic rings. The van der Waals surface area contributed by atoms with Crippen molar-refractivity contribution in [2.24, 2.45) is 0 Å². The number of nitrogens with zero attached hydrogens (tertiary/aromatic N) is 1. The first-order valence-electron chi connectivity index (χ1n) is 7.93. The molecule has 3 amide bonds. The maximum Gasteiger partial charge on any atom is 0.326 e. The molecular weight excluding hydrogens is 380 g/mol. The summed E-state index contributed by atoms with van der Waals surface area (Å²) in [5, 5.41) is 5.12. The summed E-state index contributed by atoms with van der Waals surface area (Å²) >= 11 is 10.9. The lowest BCUT2D eigenvalue weighted by molar-refractivity contribution is -0.119. The van der Waals surface area contributed by atoms with E-state index in [-0.39, 0.29) is 5.69 Å². The van der Waals surface area contributed by atoms with Crippen molar-refractivity contribution < 1.29 is 14.0 Å². The monoisotopic (exact) mass is 397 g/mol. The number of alkyl halides is 2. The second kappa shape index (κ2) is 9.99. The van der Waals surface area contributed by atoms with Crippen molar-refractivity contribution in [3.05, 3.63) is 60.4 Å². The van der Waals surface area contributed by atoms with Gasteiger partial charge in [-0.3, -0.25) is 9.69 Å². The van der Waals surface area contributed by atoms with Gasteiger partial charge in [0, 0.05) is 18.8 Å². The van der Waals surface area contributed by atoms with E-state index in [9.17, 15) is 14.0 Å². The molecule has 26 heavy (non-hydrogen) atoms. The topological polar surface area (TPSA) is 61.4 Å². The van der Waals surface area contributed by atoms with Gasteiger partial charge in [-0.1, -0.05) is 53.5 Å². The van der Waals surface area contributed by atoms with Crippen LogP contribution in [-0.4, -0.2) is 29.9 Å². The van der Waals surface area contributed by atoms with Gasteiger partial charge in [0.1, 0.15) is 5.82 Å². The molecule has 0 heterocycles. The summed E-state index contributed by atoms with van der Waals surface area (Å²) < 4.78 is 13.8. The second-order valence-corrected chi connectivity index (χ2v) is 6.44. The van der Waals surface area contributed by atoms with Gasteiger partial charge in [0.15, 0.2) is 4.84 Å². The van der Waals surface area contributed by atoms with E-state index in [0.29, 0.717) is 25.2 Å². The molecule has 0 aromatic heterocycles. The van der Waals surface area contributed by atoms with E-state index in [1.54, 1.807) is 36.4 Å². The molecule has 2 aromatic carbocycles. The van der Waals surface area contributed by atoms with Crippen molar-refractivity contribution in [3.63, 3.8) is 0 Å². The van der Waals surface area contributed by atoms with Crippen LogP contribution in [0.4, 0.5) is 20.6 Å². The Labute approximate surface area is 161 Å². The fraction of sp³-hybridized carbons (Fsp3) is 0.222. The van der Waals surface area contributed by atoms with Gasteiger partial charge < -0.3 is 10.6 Å². The number of hydrogen-bond acceptors (Lipinski definition) is 2. The van der Waals surface area contributed by atoms with E-state index in [1.165, 1.54) is 17.0 Å². The summed E-state index contributed by atoms with van der Waals surface area (Å²) in [4.78, 5) is 24.3. The summed E-state index contributed by atoms with van der Waals surface area (Å²) in [6.07, 6.45) is 0.464. The summed E-state index contributed by atoms with van der Waals surface area (Å²) in [6, 6.07) is 14.4. The third-order valence-electron chi connectivity index (χ3n) is 3.48. The first kappa shape index (κ1) is 20.0. The third kappa shape index (κ3) is 5.89. The normalized spacial score (nSPS) is 10.5. The van der Waals surface area contributed by atoms with Gasteiger partial charge in [-0.25, -0.2) is 9.18 Å². The maximum atomic E-state index is 13.8. The van der Waals surface area contributed by atoms with Crippen LogP contribution in [0.5, 0.6) is 0 Å². The molecule has 0 atom stereocenters. The van der Waals surface area contributed by atoms with E-state index in [0.717, 1.165) is 0 Å². The van der Waals surface area contributed by atoms with Gasteiger partial charge in [0.05, 0.1) is 5.69 Å². The smallest absolute Gasteiger partial charge is 0.326 e. The second-order valence-electron chi connectivity index (χ2n) is 5.34. The van der Waals surface area contributed by atoms with Gasteiger partial charge in [0.25, 0.3) is 5.91 Å². The largest absolute Gasteiger partial charge is 0.354 e. The Balaban J connectivity index is 2.03. The highest BCUT2D eigenvalue weighted by Gasteiger charge is 2.17. The number of anilines is 2. The molecule has 0 saturated heterocycles. The third-order valence-corrected chi connectivity index (χ3v) is 3.88. The quantitative estimate of drug-likeness (QED) is 0.543. The van der Waals surface area contributed by atoms with Crippen molar-refractivity contribution in [3.8, 4) is 0 Å². The van der Waals surface area contributed by atoms with Crippen LogP contribution < -0.4 is 15.5 Å². The lowest BCUT2D eigenvalue weighted by atomic mass is 10.2. The molecule has 0 aliphatic carbocycles. The molecule has 0 bridgehead atoms. The zero-order valence-corrected chi connectivity index (χ0v) is 15.3. The molecule has 2 N–H and O–H groups in total. The minimum atomic E-state index is -1.13. The minimum absolute atomic E-state index is 0.0962. The number of carbonyl (C=O) groups excluding carboxylic acids is 2. The maximum absolute atomic E-state index is 13.8. The average molecular weight is 398 g/mol. The van der Waals surface area contributed by atoms with Crippen LogP contribution in [0.3, 0.4) is 0 Å². The highest BCUT2D eigenvalue weighted by Crippen LogP contribution is 2.18. The van der Waals surface area contributed by atoms with Crippen LogP contribution in [0.25, 0.3) is 0 Å². The van der Waals surface area contributed by atoms with Gasteiger partial charge in [-0.2, -0.15) is 0 Å². The van der Waals surface area contributed by atoms with Crippen molar-refractivity contribution in [1.82, 2.24) is 5.32 Å². The zero-order valence-electron chi connectivity index (χ0n) is 13.8. The summed E-state index contributed by atoms with van der Waals surface area (Å²) in [5.74, 6) is -1.01. The Morgan fingerprint density at radius 1 is 1.04 bits per heavy atom. The molecule has 0 spiro atoms. The fourth-order valence-corrected chi connectivity index (χ4v) is 2.38. The van der Waals surface area contributed by atoms with Crippen LogP contribution in [0.1, 0.15) is 6.42 Å². The molecular formula is C18H18Cl2FN3O2. The molecule has 8 heteroatoms. The Hall–Kier alpha value is -2.31. The summed E-state index contributed by atoms with van der Waals surface area (Å²) in [7, 11) is 0. The Morgan fingerprint density at radius 2 is 1.69 bits per heavy atom. The SMILES string of the molecule is O=C(NCCCN(C(=O)Nc1ccccc1F)c1ccccc1)C(Cl)Cl. The number of nitrogens with one attached hydrogen (secondary N) is 2. The summed E-state index contributed by atoms with van der Waals surface area (Å²) in [6.45, 7) is 0.602. The molecule has 0 aliphatic heterocycles. The lowest BCUT2D eigenvalue weighted by Crippen LogP contribution is -2.38. The molecule has 0 radical (unpaired) electrons. The van der Waals surface area contributed by atoms with Crippen molar-refractivity contribution in [2.75, 3.05) is 23.3 Å². The minimum Gasteiger partial charge on any atom is -0.354 e. The number of urea groups is 1. The highest BCUT2D eigenvalue weighted by atomic mass is 35.5. The van der Waals surface area contributed by atoms with Crippen LogP contribution in [0, 0.1) is 5.82 Å². The zero-order chi connectivity index (χ0) is 18.9. The summed E-state index contributed by atoms with van der Waals surface area (Å²) in [5.41, 5.74) is 0.749. The number of benzene rings is 2. The number of amides is 3. The van der Waals surface area contributed by atoms with Crippen LogP contribution in [0.15, 0.2) is 54.6 Å². The predicted octanol–water partition coefficient (Wildman–Crippen LogP) is 4.17. The van der Waals surface area contributed by atoms with Crippen molar-refractivity contribution in [2.45, 2.75) is 11.3 Å². The number of hydrogen-bond donors (Lipinski definition) is 2. The molecule has 5 nitrogen and oxygen atoms in total. The van der Waals surface area contributed by atoms with Crippen LogP contribution in [0.2, 0.25) is 0 Å². The number of rotatable bonds is 7. The standard InChI is InChI=1S/C18H18Cl2FN3O2/c19-16(20)17(25)22-11-6-12-24(13-7-2-1-3-8-13)18(26)23-15-10-5-4-9-14(15)21/h1-5,7-10,16H,6,11-12H2,(H,22,25)(H,23,26). The highest BCUT2D eigenvalue weighted by molar-refractivity contribution is 6.53. The van der Waals surface area contributed by atoms with E-state index >= 15 is 0 Å². The molecule has 0 fully saturated rings. The van der Waals surface area contributed by atoms with Crippen molar-refractivity contribution >= 4 is 46.5 Å². The van der Waals surface area contributed by atoms with E-state index in [2.05, 4.69) is 10.6 Å². The fourth-order valence-electron chi connectivity index (χ4n) is 2.23. The van der Waals surface area contributed by atoms with Crippen LogP contribution in [-0.2, 0) is 4.79 Å². The van der Waals surface area contributed by atoms with Crippen molar-refractivity contribution in [1.29, 1.82) is 0 Å². The molecule has 2 rings (SSSR count). The van der Waals surface area contributed by atoms with E-state index in [4.69, 9.17) is 23.2 Å². The molecule has 0 unspecified atom stereocenters. The number of para-hydroxylation sites is 2. The Kier molecular flexibility index (Phi) is 7.69. The Morgan fingerprint density at radius 3 is 2.35 bits per heavy atom. The lowest BCUT2D eigenvalue weighted by Gasteiger charge is -2.23. The Bertz CT molecular complexity index is 744. The van der Waals surface area contributed by atoms with Gasteiger partial charge in [-0.15, -0.1) is 0 Å². The van der Waals surface area contributed by atoms with Gasteiger partial charge >= 0.3 is 6.03 Å². The molecule has 0 saturated carbocycles. The van der Waals surface area contributed by atoms with E-state index < -0.39 is 22.6 Å². The molecule has 2 aromatic rings. The van der Waals surface area contributed by atoms with Gasteiger partial charge in [-0.05, 0) is 30.7 Å².